The molecule has 1 aliphatic heterocycles. The van der Waals surface area contributed by atoms with Crippen molar-refractivity contribution >= 4 is 45.9 Å². The summed E-state index contributed by atoms with van der Waals surface area (Å²) < 4.78 is 5.16. The molecule has 1 fully saturated rings. The Balaban J connectivity index is 1.89. The van der Waals surface area contributed by atoms with Gasteiger partial charge in [-0.15, -0.1) is 11.3 Å². The van der Waals surface area contributed by atoms with Gasteiger partial charge >= 0.3 is 0 Å². The molecule has 1 saturated heterocycles. The molecule has 1 aliphatic rings. The maximum atomic E-state index is 12.6. The van der Waals surface area contributed by atoms with E-state index in [0.717, 1.165) is 16.3 Å². The number of hydrogen-bond acceptors (Lipinski definition) is 5. The molecule has 1 aromatic carbocycles. The number of carbonyl (C=O) groups is 1. The summed E-state index contributed by atoms with van der Waals surface area (Å²) in [7, 11) is 1.63. The van der Waals surface area contributed by atoms with Crippen molar-refractivity contribution in [3.63, 3.8) is 0 Å². The van der Waals surface area contributed by atoms with E-state index < -0.39 is 0 Å². The average Bonchev–Trinajstić information content (AvgIpc) is 3.12. The summed E-state index contributed by atoms with van der Waals surface area (Å²) in [5.41, 5.74) is 0.803. The number of benzene rings is 1. The van der Waals surface area contributed by atoms with Crippen LogP contribution in [-0.4, -0.2) is 29.6 Å². The summed E-state index contributed by atoms with van der Waals surface area (Å²) in [5.74, 6) is 0.802. The van der Waals surface area contributed by atoms with Crippen LogP contribution < -0.4 is 4.74 Å². The van der Waals surface area contributed by atoms with Gasteiger partial charge in [-0.3, -0.25) is 9.69 Å². The highest BCUT2D eigenvalue weighted by Gasteiger charge is 2.32. The molecule has 0 saturated carbocycles. The predicted molar refractivity (Wildman–Crippen MR) is 102 cm³/mol. The summed E-state index contributed by atoms with van der Waals surface area (Å²) in [6.45, 7) is 4.62. The molecule has 0 bridgehead atoms. The normalized spacial score (nSPS) is 18.0. The van der Waals surface area contributed by atoms with Crippen molar-refractivity contribution < 1.29 is 9.53 Å². The number of likely N-dealkylation sites (N-methyl/N-ethyl adjacent to an activating group) is 1. The lowest BCUT2D eigenvalue weighted by molar-refractivity contribution is -0.122. The van der Waals surface area contributed by atoms with E-state index in [-0.39, 0.29) is 5.91 Å². The Hall–Kier alpha value is -2.05. The van der Waals surface area contributed by atoms with Gasteiger partial charge in [-0.1, -0.05) is 0 Å². The van der Waals surface area contributed by atoms with Gasteiger partial charge in [0, 0.05) is 16.3 Å². The van der Waals surface area contributed by atoms with Gasteiger partial charge in [-0.05, 0) is 68.1 Å². The highest BCUT2D eigenvalue weighted by molar-refractivity contribution is 8.18. The SMILES string of the molecule is CCN1C(=O)/C(=C\c2ccc(C)s2)SC1=Nc1ccc(OC)cc1. The Bertz CT molecular complexity index is 807. The molecule has 3 rings (SSSR count). The lowest BCUT2D eigenvalue weighted by Gasteiger charge is -2.12. The number of rotatable bonds is 4. The zero-order valence-electron chi connectivity index (χ0n) is 13.8. The second-order valence-electron chi connectivity index (χ2n) is 5.20. The van der Waals surface area contributed by atoms with Crippen molar-refractivity contribution in [3.8, 4) is 5.75 Å². The molecule has 2 heterocycles. The monoisotopic (exact) mass is 358 g/mol. The van der Waals surface area contributed by atoms with Crippen LogP contribution in [-0.2, 0) is 4.79 Å². The Morgan fingerprint density at radius 1 is 1.21 bits per heavy atom. The minimum absolute atomic E-state index is 0.0146. The molecule has 1 aromatic heterocycles. The van der Waals surface area contributed by atoms with Gasteiger partial charge in [0.25, 0.3) is 5.91 Å². The van der Waals surface area contributed by atoms with Crippen molar-refractivity contribution in [2.75, 3.05) is 13.7 Å². The molecule has 0 unspecified atom stereocenters. The fourth-order valence-corrected chi connectivity index (χ4v) is 4.25. The lowest BCUT2D eigenvalue weighted by Crippen LogP contribution is -2.28. The van der Waals surface area contributed by atoms with Crippen LogP contribution in [0, 0.1) is 6.92 Å². The molecule has 6 heteroatoms. The number of aryl methyl sites for hydroxylation is 1. The van der Waals surface area contributed by atoms with Crippen LogP contribution in [0.15, 0.2) is 46.3 Å². The molecule has 124 valence electrons. The Labute approximate surface area is 149 Å². The van der Waals surface area contributed by atoms with E-state index in [2.05, 4.69) is 18.0 Å². The zero-order chi connectivity index (χ0) is 17.1. The number of methoxy groups -OCH3 is 1. The maximum Gasteiger partial charge on any atom is 0.266 e. The molecule has 0 aliphatic carbocycles. The van der Waals surface area contributed by atoms with E-state index in [1.54, 1.807) is 23.3 Å². The fourth-order valence-electron chi connectivity index (χ4n) is 2.30. The van der Waals surface area contributed by atoms with Gasteiger partial charge in [-0.25, -0.2) is 4.99 Å². The van der Waals surface area contributed by atoms with Crippen molar-refractivity contribution in [1.82, 2.24) is 4.90 Å². The summed E-state index contributed by atoms with van der Waals surface area (Å²) in [5, 5.41) is 0.715. The number of amides is 1. The van der Waals surface area contributed by atoms with E-state index in [4.69, 9.17) is 4.74 Å². The summed E-state index contributed by atoms with van der Waals surface area (Å²) in [6, 6.07) is 11.6. The van der Waals surface area contributed by atoms with E-state index in [0.29, 0.717) is 16.6 Å². The van der Waals surface area contributed by atoms with Crippen molar-refractivity contribution in [2.45, 2.75) is 13.8 Å². The molecular weight excluding hydrogens is 340 g/mol. The zero-order valence-corrected chi connectivity index (χ0v) is 15.4. The van der Waals surface area contributed by atoms with Gasteiger partial charge < -0.3 is 4.74 Å². The number of carbonyl (C=O) groups excluding carboxylic acids is 1. The summed E-state index contributed by atoms with van der Waals surface area (Å²) >= 11 is 3.10. The third-order valence-electron chi connectivity index (χ3n) is 3.54. The lowest BCUT2D eigenvalue weighted by atomic mass is 10.3. The molecule has 2 aromatic rings. The number of thioether (sulfide) groups is 1. The van der Waals surface area contributed by atoms with Crippen LogP contribution in [0.1, 0.15) is 16.7 Å². The van der Waals surface area contributed by atoms with Gasteiger partial charge in [-0.2, -0.15) is 0 Å². The van der Waals surface area contributed by atoms with Gasteiger partial charge in [0.2, 0.25) is 0 Å². The van der Waals surface area contributed by atoms with Crippen molar-refractivity contribution in [2.24, 2.45) is 4.99 Å². The fraction of sp³-hybridized carbons (Fsp3) is 0.222. The number of nitrogens with zero attached hydrogens (tertiary/aromatic N) is 2. The van der Waals surface area contributed by atoms with Crippen LogP contribution >= 0.6 is 23.1 Å². The second-order valence-corrected chi connectivity index (χ2v) is 7.53. The molecular formula is C18H18N2O2S2. The standard InChI is InChI=1S/C18H18N2O2S2/c1-4-20-17(21)16(11-15-10-5-12(2)23-15)24-18(20)19-13-6-8-14(22-3)9-7-13/h5-11H,4H2,1-3H3/b16-11+,19-18?. The number of aliphatic imine (C=N–C) groups is 1. The Morgan fingerprint density at radius 3 is 2.54 bits per heavy atom. The second kappa shape index (κ2) is 7.23. The first kappa shape index (κ1) is 16.8. The molecule has 0 atom stereocenters. The van der Waals surface area contributed by atoms with E-state index >= 15 is 0 Å². The highest BCUT2D eigenvalue weighted by atomic mass is 32.2. The first-order valence-electron chi connectivity index (χ1n) is 7.61. The smallest absolute Gasteiger partial charge is 0.266 e. The molecule has 0 radical (unpaired) electrons. The van der Waals surface area contributed by atoms with Gasteiger partial charge in [0.1, 0.15) is 5.75 Å². The van der Waals surface area contributed by atoms with E-state index in [9.17, 15) is 4.79 Å². The highest BCUT2D eigenvalue weighted by Crippen LogP contribution is 2.35. The molecule has 24 heavy (non-hydrogen) atoms. The maximum absolute atomic E-state index is 12.6. The molecule has 1 amide bonds. The van der Waals surface area contributed by atoms with Crippen LogP contribution in [0.2, 0.25) is 0 Å². The first-order chi connectivity index (χ1) is 11.6. The van der Waals surface area contributed by atoms with Crippen molar-refractivity contribution in [3.05, 3.63) is 51.1 Å². The Morgan fingerprint density at radius 2 is 1.96 bits per heavy atom. The predicted octanol–water partition coefficient (Wildman–Crippen LogP) is 4.69. The third kappa shape index (κ3) is 3.55. The van der Waals surface area contributed by atoms with E-state index in [1.165, 1.54) is 16.6 Å². The van der Waals surface area contributed by atoms with Crippen LogP contribution in [0.5, 0.6) is 5.75 Å². The average molecular weight is 358 g/mol. The number of hydrogen-bond donors (Lipinski definition) is 0. The third-order valence-corrected chi connectivity index (χ3v) is 5.49. The van der Waals surface area contributed by atoms with E-state index in [1.807, 2.05) is 43.3 Å². The minimum atomic E-state index is 0.0146. The number of ether oxygens (including phenoxy) is 1. The molecule has 4 nitrogen and oxygen atoms in total. The van der Waals surface area contributed by atoms with Gasteiger partial charge in [0.15, 0.2) is 5.17 Å². The topological polar surface area (TPSA) is 41.9 Å². The number of thiophene rings is 1. The van der Waals surface area contributed by atoms with Crippen LogP contribution in [0.25, 0.3) is 6.08 Å². The summed E-state index contributed by atoms with van der Waals surface area (Å²) in [4.78, 5) is 22.0. The van der Waals surface area contributed by atoms with Crippen LogP contribution in [0.3, 0.4) is 0 Å². The minimum Gasteiger partial charge on any atom is -0.497 e. The quantitative estimate of drug-likeness (QED) is 0.745. The summed E-state index contributed by atoms with van der Waals surface area (Å²) in [6.07, 6.45) is 1.95. The number of amidine groups is 1. The first-order valence-corrected chi connectivity index (χ1v) is 9.24. The molecule has 0 N–H and O–H groups in total. The molecule has 0 spiro atoms. The Kier molecular flexibility index (Phi) is 5.06. The van der Waals surface area contributed by atoms with Gasteiger partial charge in [0.05, 0.1) is 17.7 Å². The van der Waals surface area contributed by atoms with Crippen molar-refractivity contribution in [1.29, 1.82) is 0 Å². The largest absolute Gasteiger partial charge is 0.497 e. The van der Waals surface area contributed by atoms with Crippen LogP contribution in [0.4, 0.5) is 5.69 Å².